The maximum atomic E-state index is 12.6. The number of alkyl carbamates (subject to hydrolysis) is 1. The Balaban J connectivity index is 1.20. The summed E-state index contributed by atoms with van der Waals surface area (Å²) in [5.41, 5.74) is 6.09. The minimum absolute atomic E-state index is 0.00692. The molecule has 3 atom stereocenters. The van der Waals surface area contributed by atoms with Gasteiger partial charge in [0.05, 0.1) is 12.2 Å². The van der Waals surface area contributed by atoms with Crippen molar-refractivity contribution in [1.29, 1.82) is 0 Å². The number of carbonyl (C=O) groups is 2. The number of nitrogens with one attached hydrogen (secondary N) is 1. The van der Waals surface area contributed by atoms with Crippen molar-refractivity contribution in [3.8, 4) is 11.1 Å². The summed E-state index contributed by atoms with van der Waals surface area (Å²) in [4.78, 5) is 24.5. The van der Waals surface area contributed by atoms with E-state index in [1.54, 1.807) is 0 Å². The molecule has 1 amide bonds. The molecule has 7 heteroatoms. The lowest BCUT2D eigenvalue weighted by Crippen LogP contribution is -2.42. The van der Waals surface area contributed by atoms with E-state index < -0.39 is 24.4 Å². The van der Waals surface area contributed by atoms with Crippen molar-refractivity contribution in [2.75, 3.05) is 6.61 Å². The summed E-state index contributed by atoms with van der Waals surface area (Å²) in [5.74, 6) is -1.22. The zero-order valence-electron chi connectivity index (χ0n) is 20.2. The summed E-state index contributed by atoms with van der Waals surface area (Å²) < 4.78 is 17.1. The van der Waals surface area contributed by atoms with Gasteiger partial charge in [-0.15, -0.1) is 0 Å². The average molecular weight is 488 g/mol. The largest absolute Gasteiger partial charge is 0.480 e. The standard InChI is InChI=1S/C29H29NO6/c1-17-18(2)36-28(35-17)20-13-11-19(12-14-20)15-26(27(31)32)30-29(33)34-16-25-23-9-5-3-7-21(23)22-8-4-6-10-24(22)25/h3-14,17-18,25-26,28H,15-16H2,1-2H3,(H,30,33)(H,31,32). The van der Waals surface area contributed by atoms with Crippen LogP contribution < -0.4 is 5.32 Å². The Labute approximate surface area is 210 Å². The van der Waals surface area contributed by atoms with E-state index in [9.17, 15) is 14.7 Å². The lowest BCUT2D eigenvalue weighted by molar-refractivity contribution is -0.139. The van der Waals surface area contributed by atoms with Gasteiger partial charge in [-0.1, -0.05) is 72.8 Å². The van der Waals surface area contributed by atoms with E-state index in [0.29, 0.717) is 0 Å². The van der Waals surface area contributed by atoms with Crippen LogP contribution in [0.4, 0.5) is 4.79 Å². The Morgan fingerprint density at radius 3 is 2.00 bits per heavy atom. The number of benzene rings is 3. The molecule has 0 aromatic heterocycles. The first-order valence-corrected chi connectivity index (χ1v) is 12.1. The molecule has 0 spiro atoms. The molecule has 0 saturated carbocycles. The van der Waals surface area contributed by atoms with Crippen molar-refractivity contribution >= 4 is 12.1 Å². The van der Waals surface area contributed by atoms with E-state index in [1.807, 2.05) is 74.5 Å². The van der Waals surface area contributed by atoms with Crippen LogP contribution in [0.1, 0.15) is 48.3 Å². The number of amides is 1. The van der Waals surface area contributed by atoms with E-state index in [2.05, 4.69) is 17.4 Å². The molecular weight excluding hydrogens is 458 g/mol. The highest BCUT2D eigenvalue weighted by Crippen LogP contribution is 2.44. The minimum Gasteiger partial charge on any atom is -0.480 e. The highest BCUT2D eigenvalue weighted by Gasteiger charge is 2.31. The Kier molecular flexibility index (Phi) is 6.76. The van der Waals surface area contributed by atoms with Gasteiger partial charge < -0.3 is 24.6 Å². The van der Waals surface area contributed by atoms with Crippen molar-refractivity contribution in [3.05, 3.63) is 95.1 Å². The van der Waals surface area contributed by atoms with Crippen LogP contribution in [0.5, 0.6) is 0 Å². The van der Waals surface area contributed by atoms with Crippen LogP contribution in [0.25, 0.3) is 11.1 Å². The van der Waals surface area contributed by atoms with Crippen LogP contribution in [-0.4, -0.2) is 42.0 Å². The summed E-state index contributed by atoms with van der Waals surface area (Å²) in [6.45, 7) is 4.05. The number of ether oxygens (including phenoxy) is 3. The molecule has 0 bridgehead atoms. The monoisotopic (exact) mass is 487 g/mol. The van der Waals surface area contributed by atoms with Crippen LogP contribution in [0, 0.1) is 0 Å². The van der Waals surface area contributed by atoms with Crippen LogP contribution in [0.3, 0.4) is 0 Å². The van der Waals surface area contributed by atoms with Crippen molar-refractivity contribution in [2.24, 2.45) is 0 Å². The van der Waals surface area contributed by atoms with E-state index >= 15 is 0 Å². The lowest BCUT2D eigenvalue weighted by Gasteiger charge is -2.18. The minimum atomic E-state index is -1.13. The quantitative estimate of drug-likeness (QED) is 0.485. The third kappa shape index (κ3) is 4.85. The van der Waals surface area contributed by atoms with Crippen LogP contribution in [-0.2, 0) is 25.4 Å². The number of carboxylic acid groups (broad SMARTS) is 1. The second-order valence-electron chi connectivity index (χ2n) is 9.32. The molecular formula is C29H29NO6. The van der Waals surface area contributed by atoms with E-state index in [-0.39, 0.29) is 31.2 Å². The summed E-state index contributed by atoms with van der Waals surface area (Å²) in [6.07, 6.45) is -1.05. The predicted molar refractivity (Wildman–Crippen MR) is 134 cm³/mol. The molecule has 186 valence electrons. The Morgan fingerprint density at radius 1 is 0.889 bits per heavy atom. The maximum Gasteiger partial charge on any atom is 0.407 e. The SMILES string of the molecule is CC1OC(c2ccc(CC(NC(=O)OCC3c4ccccc4-c4ccccc43)C(=O)O)cc2)OC1C. The molecule has 7 nitrogen and oxygen atoms in total. The maximum absolute atomic E-state index is 12.6. The van der Waals surface area contributed by atoms with Crippen LogP contribution >= 0.6 is 0 Å². The highest BCUT2D eigenvalue weighted by atomic mass is 16.7. The molecule has 5 rings (SSSR count). The average Bonchev–Trinajstić information content (AvgIpc) is 3.39. The van der Waals surface area contributed by atoms with Gasteiger partial charge in [0.15, 0.2) is 6.29 Å². The first-order chi connectivity index (χ1) is 17.4. The number of carbonyl (C=O) groups excluding carboxylic acids is 1. The first-order valence-electron chi connectivity index (χ1n) is 12.1. The molecule has 3 aromatic rings. The molecule has 0 radical (unpaired) electrons. The lowest BCUT2D eigenvalue weighted by atomic mass is 9.98. The van der Waals surface area contributed by atoms with Crippen molar-refractivity contribution in [3.63, 3.8) is 0 Å². The number of hydrogen-bond donors (Lipinski definition) is 2. The summed E-state index contributed by atoms with van der Waals surface area (Å²) in [7, 11) is 0. The second-order valence-corrected chi connectivity index (χ2v) is 9.32. The molecule has 3 unspecified atom stereocenters. The highest BCUT2D eigenvalue weighted by molar-refractivity contribution is 5.81. The number of carboxylic acids is 1. The Bertz CT molecular complexity index is 1200. The molecule has 3 aromatic carbocycles. The zero-order chi connectivity index (χ0) is 25.2. The normalized spacial score (nSPS) is 21.4. The third-order valence-corrected chi connectivity index (χ3v) is 6.96. The van der Waals surface area contributed by atoms with Gasteiger partial charge in [0, 0.05) is 17.9 Å². The molecule has 1 aliphatic heterocycles. The van der Waals surface area contributed by atoms with Gasteiger partial charge in [-0.2, -0.15) is 0 Å². The molecule has 36 heavy (non-hydrogen) atoms. The Hall–Kier alpha value is -3.68. The van der Waals surface area contributed by atoms with Gasteiger partial charge in [-0.3, -0.25) is 0 Å². The molecule has 1 aliphatic carbocycles. The van der Waals surface area contributed by atoms with Gasteiger partial charge in [-0.25, -0.2) is 9.59 Å². The second kappa shape index (κ2) is 10.1. The third-order valence-electron chi connectivity index (χ3n) is 6.96. The fourth-order valence-electron chi connectivity index (χ4n) is 4.83. The Morgan fingerprint density at radius 2 is 1.44 bits per heavy atom. The van der Waals surface area contributed by atoms with Gasteiger partial charge >= 0.3 is 12.1 Å². The molecule has 2 N–H and O–H groups in total. The van der Waals surface area contributed by atoms with Gasteiger partial charge in [0.25, 0.3) is 0 Å². The topological polar surface area (TPSA) is 94.1 Å². The summed E-state index contributed by atoms with van der Waals surface area (Å²) in [6, 6.07) is 22.4. The fourth-order valence-corrected chi connectivity index (χ4v) is 4.83. The predicted octanol–water partition coefficient (Wildman–Crippen LogP) is 5.04. The van der Waals surface area contributed by atoms with Crippen LogP contribution in [0.15, 0.2) is 72.8 Å². The van der Waals surface area contributed by atoms with E-state index in [0.717, 1.165) is 33.4 Å². The van der Waals surface area contributed by atoms with Gasteiger partial charge in [0.2, 0.25) is 0 Å². The number of aliphatic carboxylic acids is 1. The summed E-state index contributed by atoms with van der Waals surface area (Å²) >= 11 is 0. The van der Waals surface area contributed by atoms with E-state index in [4.69, 9.17) is 14.2 Å². The first kappa shape index (κ1) is 24.0. The van der Waals surface area contributed by atoms with Crippen molar-refractivity contribution < 1.29 is 28.9 Å². The van der Waals surface area contributed by atoms with Crippen LogP contribution in [0.2, 0.25) is 0 Å². The van der Waals surface area contributed by atoms with Crippen molar-refractivity contribution in [2.45, 2.75) is 50.7 Å². The number of fused-ring (bicyclic) bond motifs is 3. The fraction of sp³-hybridized carbons (Fsp3) is 0.310. The summed E-state index contributed by atoms with van der Waals surface area (Å²) in [5, 5.41) is 12.2. The van der Waals surface area contributed by atoms with Crippen molar-refractivity contribution in [1.82, 2.24) is 5.32 Å². The van der Waals surface area contributed by atoms with Gasteiger partial charge in [-0.05, 0) is 41.7 Å². The molecule has 1 saturated heterocycles. The smallest absolute Gasteiger partial charge is 0.407 e. The number of hydrogen-bond acceptors (Lipinski definition) is 5. The van der Waals surface area contributed by atoms with E-state index in [1.165, 1.54) is 0 Å². The van der Waals surface area contributed by atoms with Gasteiger partial charge in [0.1, 0.15) is 12.6 Å². The number of rotatable bonds is 7. The molecule has 1 fully saturated rings. The molecule has 1 heterocycles. The zero-order valence-corrected chi connectivity index (χ0v) is 20.2. The molecule has 2 aliphatic rings.